The van der Waals surface area contributed by atoms with E-state index in [9.17, 15) is 41.3 Å². The van der Waals surface area contributed by atoms with Crippen molar-refractivity contribution < 1.29 is 45.8 Å². The van der Waals surface area contributed by atoms with Crippen LogP contribution in [-0.2, 0) is 14.6 Å². The summed E-state index contributed by atoms with van der Waals surface area (Å²) in [5.74, 6) is -2.81. The van der Waals surface area contributed by atoms with Gasteiger partial charge in [-0.1, -0.05) is 18.2 Å². The van der Waals surface area contributed by atoms with E-state index in [-0.39, 0.29) is 46.8 Å². The van der Waals surface area contributed by atoms with E-state index in [1.165, 1.54) is 29.2 Å². The van der Waals surface area contributed by atoms with Gasteiger partial charge in [-0.2, -0.15) is 22.6 Å². The third kappa shape index (κ3) is 2.97. The number of halogens is 3. The number of carbonyl (C=O) groups excluding carboxylic acids is 2. The molecule has 174 valence electrons. The largest absolute Gasteiger partial charge is 0.433 e. The Morgan fingerprint density at radius 3 is 2.39 bits per heavy atom. The van der Waals surface area contributed by atoms with Crippen LogP contribution in [0.4, 0.5) is 29.3 Å². The highest BCUT2D eigenvalue weighted by atomic mass is 32.2. The van der Waals surface area contributed by atoms with E-state index in [0.29, 0.717) is 0 Å². The lowest BCUT2D eigenvalue weighted by Gasteiger charge is -2.33. The Morgan fingerprint density at radius 1 is 1.09 bits per heavy atom. The molecule has 0 radical (unpaired) electrons. The number of carbonyl (C=O) groups is 2. The standard InChI is InChI=1S/C19H17F3N4O6S/c20-19(21,22)9-33(31,32)16-8-23-7-15-17(27)24(18(28)26(15,16)10-23)13-5-6-14(25(29)30)12-4-2-1-3-11(12)13/h1-6,15-16H,7-10H2,(H,29,30)/q+2. The second-order valence-corrected chi connectivity index (χ2v) is 10.5. The Bertz CT molecular complexity index is 1350. The first kappa shape index (κ1) is 21.7. The second-order valence-electron chi connectivity index (χ2n) is 8.38. The number of alkyl halides is 3. The molecule has 1 N–H and O–H groups in total. The molecule has 3 unspecified atom stereocenters. The van der Waals surface area contributed by atoms with Crippen LogP contribution < -0.4 is 4.90 Å². The first-order valence-corrected chi connectivity index (χ1v) is 11.5. The first-order chi connectivity index (χ1) is 15.4. The molecule has 3 amide bonds. The minimum atomic E-state index is -4.99. The van der Waals surface area contributed by atoms with E-state index in [2.05, 4.69) is 0 Å². The predicted molar refractivity (Wildman–Crippen MR) is 106 cm³/mol. The van der Waals surface area contributed by atoms with Crippen molar-refractivity contribution in [2.45, 2.75) is 17.6 Å². The zero-order valence-corrected chi connectivity index (χ0v) is 17.6. The minimum absolute atomic E-state index is 0.0418. The Hall–Kier alpha value is -3.10. The number of hydrogen-bond donors (Lipinski definition) is 1. The van der Waals surface area contributed by atoms with Crippen LogP contribution >= 0.6 is 0 Å². The topological polar surface area (TPSA) is 115 Å². The zero-order valence-electron chi connectivity index (χ0n) is 16.8. The number of anilines is 1. The first-order valence-electron chi connectivity index (χ1n) is 9.81. The van der Waals surface area contributed by atoms with Crippen LogP contribution in [0.25, 0.3) is 10.8 Å². The van der Waals surface area contributed by atoms with Gasteiger partial charge in [0.15, 0.2) is 11.8 Å². The summed E-state index contributed by atoms with van der Waals surface area (Å²) >= 11 is 0. The molecule has 3 heterocycles. The number of hydrogen-bond acceptors (Lipinski definition) is 6. The molecule has 2 aromatic carbocycles. The third-order valence-corrected chi connectivity index (χ3v) is 8.59. The molecule has 33 heavy (non-hydrogen) atoms. The molecular formula is C19H17F3N4O6S+2. The van der Waals surface area contributed by atoms with Crippen LogP contribution in [0.15, 0.2) is 36.4 Å². The van der Waals surface area contributed by atoms with Gasteiger partial charge < -0.3 is 0 Å². The Morgan fingerprint density at radius 2 is 1.76 bits per heavy atom. The molecule has 3 aliphatic heterocycles. The summed E-state index contributed by atoms with van der Waals surface area (Å²) in [7, 11) is -4.81. The van der Waals surface area contributed by atoms with Gasteiger partial charge in [0.2, 0.25) is 15.2 Å². The van der Waals surface area contributed by atoms with Crippen molar-refractivity contribution in [1.82, 2.24) is 4.90 Å². The van der Waals surface area contributed by atoms with Gasteiger partial charge >= 0.3 is 17.9 Å². The van der Waals surface area contributed by atoms with Crippen molar-refractivity contribution in [3.05, 3.63) is 41.3 Å². The molecule has 2 bridgehead atoms. The molecule has 0 saturated carbocycles. The van der Waals surface area contributed by atoms with Crippen LogP contribution in [0.1, 0.15) is 0 Å². The molecule has 3 fully saturated rings. The maximum Gasteiger partial charge on any atom is 0.433 e. The fourth-order valence-electron chi connectivity index (χ4n) is 5.27. The Balaban J connectivity index is 1.64. The number of sulfone groups is 1. The number of fused-ring (bicyclic) bond motifs is 2. The van der Waals surface area contributed by atoms with Gasteiger partial charge in [-0.25, -0.2) is 23.3 Å². The van der Waals surface area contributed by atoms with Crippen LogP contribution in [0.3, 0.4) is 0 Å². The molecular weight excluding hydrogens is 469 g/mol. The van der Waals surface area contributed by atoms with Gasteiger partial charge in [0.05, 0.1) is 29.1 Å². The molecule has 5 rings (SSSR count). The van der Waals surface area contributed by atoms with Gasteiger partial charge in [-0.05, 0) is 12.1 Å². The molecule has 10 nitrogen and oxygen atoms in total. The molecule has 0 aliphatic carbocycles. The van der Waals surface area contributed by atoms with E-state index in [1.54, 1.807) is 12.1 Å². The van der Waals surface area contributed by atoms with Crippen LogP contribution in [0.2, 0.25) is 0 Å². The van der Waals surface area contributed by atoms with Crippen molar-refractivity contribution in [1.29, 1.82) is 0 Å². The van der Waals surface area contributed by atoms with Gasteiger partial charge in [0.25, 0.3) is 10.8 Å². The minimum Gasteiger partial charge on any atom is -0.267 e. The fourth-order valence-corrected chi connectivity index (χ4v) is 7.23. The SMILES string of the molecule is O=C1C2C[N@@]3CC(S(=O)(=O)CC(F)(F)F)[N+]2(C3)C(=O)N1c1ccc([N+](=O)O)c2ccccc12. The number of urea groups is 1. The Kier molecular flexibility index (Phi) is 4.42. The molecule has 14 heteroatoms. The van der Waals surface area contributed by atoms with E-state index in [0.717, 1.165) is 4.90 Å². The maximum atomic E-state index is 13.6. The molecule has 3 aliphatic rings. The molecule has 2 aromatic rings. The lowest BCUT2D eigenvalue weighted by atomic mass is 10.1. The Labute approximate surface area is 184 Å². The zero-order chi connectivity index (χ0) is 23.9. The number of amides is 3. The molecule has 1 spiro atoms. The van der Waals surface area contributed by atoms with E-state index in [4.69, 9.17) is 0 Å². The highest BCUT2D eigenvalue weighted by Gasteiger charge is 2.75. The summed E-state index contributed by atoms with van der Waals surface area (Å²) in [5.41, 5.74) is -0.0857. The average molecular weight is 486 g/mol. The van der Waals surface area contributed by atoms with Crippen LogP contribution in [-0.4, -0.2) is 83.0 Å². The lowest BCUT2D eigenvalue weighted by molar-refractivity contribution is -0.848. The maximum absolute atomic E-state index is 13.6. The summed E-state index contributed by atoms with van der Waals surface area (Å²) in [6.07, 6.45) is -4.99. The predicted octanol–water partition coefficient (Wildman–Crippen LogP) is 1.88. The third-order valence-electron chi connectivity index (χ3n) is 6.51. The quantitative estimate of drug-likeness (QED) is 0.399. The number of piperazine rings is 1. The number of benzene rings is 2. The van der Waals surface area contributed by atoms with Crippen molar-refractivity contribution in [3.63, 3.8) is 0 Å². The summed E-state index contributed by atoms with van der Waals surface area (Å²) in [6, 6.07) is 6.52. The summed E-state index contributed by atoms with van der Waals surface area (Å²) in [6.45, 7) is -0.425. The number of rotatable bonds is 4. The van der Waals surface area contributed by atoms with Gasteiger partial charge in [0.1, 0.15) is 6.67 Å². The van der Waals surface area contributed by atoms with Crippen LogP contribution in [0, 0.1) is 4.91 Å². The highest BCUT2D eigenvalue weighted by Crippen LogP contribution is 2.47. The summed E-state index contributed by atoms with van der Waals surface area (Å²) in [5, 5.41) is 8.14. The van der Waals surface area contributed by atoms with Crippen LogP contribution in [0.5, 0.6) is 0 Å². The second kappa shape index (κ2) is 6.71. The highest BCUT2D eigenvalue weighted by molar-refractivity contribution is 7.91. The molecule has 3 saturated heterocycles. The lowest BCUT2D eigenvalue weighted by Crippen LogP contribution is -2.63. The average Bonchev–Trinajstić information content (AvgIpc) is 3.35. The van der Waals surface area contributed by atoms with Gasteiger partial charge in [0, 0.05) is 11.5 Å². The smallest absolute Gasteiger partial charge is 0.267 e. The normalized spacial score (nSPS) is 29.2. The van der Waals surface area contributed by atoms with Crippen molar-refractivity contribution in [2.24, 2.45) is 0 Å². The van der Waals surface area contributed by atoms with Crippen molar-refractivity contribution in [3.8, 4) is 0 Å². The number of nitrogens with zero attached hydrogens (tertiary/aromatic N) is 4. The number of quaternary nitrogens is 1. The van der Waals surface area contributed by atoms with E-state index >= 15 is 0 Å². The molecule has 4 atom stereocenters. The van der Waals surface area contributed by atoms with Gasteiger partial charge in [-0.3, -0.25) is 4.79 Å². The van der Waals surface area contributed by atoms with Gasteiger partial charge in [-0.15, -0.1) is 0 Å². The monoisotopic (exact) mass is 486 g/mol. The molecule has 0 aromatic heterocycles. The summed E-state index contributed by atoms with van der Waals surface area (Å²) in [4.78, 5) is 40.4. The number of imide groups is 1. The summed E-state index contributed by atoms with van der Waals surface area (Å²) < 4.78 is 63.4. The van der Waals surface area contributed by atoms with E-state index < -0.39 is 49.6 Å². The van der Waals surface area contributed by atoms with Crippen molar-refractivity contribution in [2.75, 3.05) is 30.4 Å². The van der Waals surface area contributed by atoms with Crippen molar-refractivity contribution >= 4 is 43.9 Å². The fraction of sp³-hybridized carbons (Fsp3) is 0.368. The van der Waals surface area contributed by atoms with E-state index in [1.807, 2.05) is 0 Å².